The van der Waals surface area contributed by atoms with Crippen molar-refractivity contribution in [2.24, 2.45) is 0 Å². The summed E-state index contributed by atoms with van der Waals surface area (Å²) in [5.74, 6) is 0.0191. The fourth-order valence-electron chi connectivity index (χ4n) is 2.31. The van der Waals surface area contributed by atoms with Gasteiger partial charge in [0.2, 0.25) is 15.9 Å². The Labute approximate surface area is 115 Å². The minimum Gasteiger partial charge on any atom is -0.465 e. The van der Waals surface area contributed by atoms with Crippen molar-refractivity contribution in [3.8, 4) is 5.88 Å². The second-order valence-corrected chi connectivity index (χ2v) is 6.80. The average molecular weight is 299 g/mol. The largest absolute Gasteiger partial charge is 0.465 e. The molecule has 9 heteroatoms. The molecule has 1 aromatic rings. The molecular weight excluding hydrogens is 286 g/mol. The number of nitrogens with zero attached hydrogens (tertiary/aromatic N) is 2. The summed E-state index contributed by atoms with van der Waals surface area (Å²) in [5, 5.41) is 8.87. The topological polar surface area (TPSA) is 109 Å². The van der Waals surface area contributed by atoms with Crippen molar-refractivity contribution in [3.05, 3.63) is 17.8 Å². The zero-order valence-electron chi connectivity index (χ0n) is 10.7. The summed E-state index contributed by atoms with van der Waals surface area (Å²) < 4.78 is 32.4. The van der Waals surface area contributed by atoms with Crippen molar-refractivity contribution in [3.63, 3.8) is 0 Å². The van der Waals surface area contributed by atoms with Gasteiger partial charge < -0.3 is 14.7 Å². The van der Waals surface area contributed by atoms with E-state index in [1.807, 2.05) is 0 Å². The van der Waals surface area contributed by atoms with E-state index in [9.17, 15) is 13.2 Å². The van der Waals surface area contributed by atoms with Crippen LogP contribution in [0.2, 0.25) is 0 Å². The molecule has 1 aromatic heterocycles. The predicted molar refractivity (Wildman–Crippen MR) is 67.1 cm³/mol. The number of pyridine rings is 1. The Kier molecular flexibility index (Phi) is 2.67. The third-order valence-corrected chi connectivity index (χ3v) is 4.77. The second kappa shape index (κ2) is 4.06. The lowest BCUT2D eigenvalue weighted by Gasteiger charge is -2.46. The van der Waals surface area contributed by atoms with Crippen LogP contribution in [0.4, 0.5) is 4.79 Å². The molecule has 2 aliphatic heterocycles. The van der Waals surface area contributed by atoms with Crippen molar-refractivity contribution < 1.29 is 23.1 Å². The molecule has 1 fully saturated rings. The minimum atomic E-state index is -3.69. The first-order valence-electron chi connectivity index (χ1n) is 5.95. The van der Waals surface area contributed by atoms with Gasteiger partial charge in [0, 0.05) is 6.20 Å². The highest BCUT2D eigenvalue weighted by Crippen LogP contribution is 2.33. The Morgan fingerprint density at radius 2 is 2.25 bits per heavy atom. The third kappa shape index (κ3) is 1.98. The molecular formula is C11H13N3O5S. The molecule has 20 heavy (non-hydrogen) atoms. The summed E-state index contributed by atoms with van der Waals surface area (Å²) in [6.45, 7) is 1.98. The van der Waals surface area contributed by atoms with Crippen molar-refractivity contribution in [2.75, 3.05) is 19.6 Å². The molecule has 108 valence electrons. The molecule has 0 unspecified atom stereocenters. The Hall–Kier alpha value is -1.87. The number of carbonyl (C=O) groups is 1. The van der Waals surface area contributed by atoms with E-state index in [0.717, 1.165) is 4.90 Å². The molecule has 1 saturated heterocycles. The third-order valence-electron chi connectivity index (χ3n) is 3.37. The number of aromatic nitrogens is 1. The fourth-order valence-corrected chi connectivity index (χ4v) is 3.58. The maximum absolute atomic E-state index is 12.1. The number of fused-ring (bicyclic) bond motifs is 1. The highest BCUT2D eigenvalue weighted by atomic mass is 32.2. The van der Waals surface area contributed by atoms with E-state index < -0.39 is 21.7 Å². The van der Waals surface area contributed by atoms with Crippen molar-refractivity contribution in [1.29, 1.82) is 0 Å². The van der Waals surface area contributed by atoms with E-state index in [-0.39, 0.29) is 30.4 Å². The number of amides is 1. The lowest BCUT2D eigenvalue weighted by Crippen LogP contribution is -2.69. The molecule has 0 aromatic carbocycles. The van der Waals surface area contributed by atoms with Crippen LogP contribution >= 0.6 is 0 Å². The van der Waals surface area contributed by atoms with Crippen LogP contribution in [0.3, 0.4) is 0 Å². The Balaban J connectivity index is 1.97. The van der Waals surface area contributed by atoms with Crippen molar-refractivity contribution in [1.82, 2.24) is 14.6 Å². The van der Waals surface area contributed by atoms with Crippen LogP contribution in [0.25, 0.3) is 0 Å². The first kappa shape index (κ1) is 13.1. The molecule has 0 bridgehead atoms. The maximum atomic E-state index is 12.1. The number of sulfonamides is 1. The highest BCUT2D eigenvalue weighted by molar-refractivity contribution is 7.89. The summed E-state index contributed by atoms with van der Waals surface area (Å²) in [5.41, 5.74) is -0.173. The van der Waals surface area contributed by atoms with Gasteiger partial charge in [-0.05, 0) is 18.6 Å². The van der Waals surface area contributed by atoms with E-state index in [2.05, 4.69) is 9.71 Å². The number of nitrogens with one attached hydrogen (secondary N) is 1. The van der Waals surface area contributed by atoms with Gasteiger partial charge in [-0.1, -0.05) is 0 Å². The average Bonchev–Trinajstić information content (AvgIpc) is 2.43. The minimum absolute atomic E-state index is 0.0110. The zero-order chi connectivity index (χ0) is 14.5. The summed E-state index contributed by atoms with van der Waals surface area (Å²) in [6, 6.07) is 1.48. The molecule has 2 aliphatic rings. The Bertz CT molecular complexity index is 681. The number of carboxylic acid groups (broad SMARTS) is 1. The summed E-state index contributed by atoms with van der Waals surface area (Å²) in [6.07, 6.45) is 0.462. The van der Waals surface area contributed by atoms with Crippen LogP contribution in [0.5, 0.6) is 5.88 Å². The molecule has 3 rings (SSSR count). The fraction of sp³-hybridized carbons (Fsp3) is 0.455. The molecule has 0 aliphatic carbocycles. The maximum Gasteiger partial charge on any atom is 0.407 e. The van der Waals surface area contributed by atoms with Crippen molar-refractivity contribution >= 4 is 16.1 Å². The first-order chi connectivity index (χ1) is 9.31. The Morgan fingerprint density at radius 3 is 2.90 bits per heavy atom. The smallest absolute Gasteiger partial charge is 0.407 e. The van der Waals surface area contributed by atoms with Crippen LogP contribution < -0.4 is 9.46 Å². The number of likely N-dealkylation sites (tertiary alicyclic amines) is 1. The van der Waals surface area contributed by atoms with Crippen molar-refractivity contribution in [2.45, 2.75) is 17.4 Å². The normalized spacial score (nSPS) is 22.4. The van der Waals surface area contributed by atoms with Gasteiger partial charge in [-0.15, -0.1) is 0 Å². The lowest BCUT2D eigenvalue weighted by atomic mass is 9.94. The second-order valence-electron chi connectivity index (χ2n) is 5.06. The van der Waals surface area contributed by atoms with Gasteiger partial charge >= 0.3 is 6.09 Å². The van der Waals surface area contributed by atoms with E-state index in [4.69, 9.17) is 9.84 Å². The lowest BCUT2D eigenvalue weighted by molar-refractivity contribution is -0.0618. The standard InChI is InChI=1S/C11H13N3O5S/c1-7-2-8-9(12-3-7)19-11(4-13-20(8,17)18)5-14(6-11)10(15)16/h2-3,13H,4-6H2,1H3,(H,15,16). The molecule has 8 nitrogen and oxygen atoms in total. The summed E-state index contributed by atoms with van der Waals surface area (Å²) in [7, 11) is -3.69. The molecule has 1 spiro atoms. The number of ether oxygens (including phenoxy) is 1. The number of rotatable bonds is 0. The van der Waals surface area contributed by atoms with Gasteiger partial charge in [-0.2, -0.15) is 0 Å². The quantitative estimate of drug-likeness (QED) is 0.686. The van der Waals surface area contributed by atoms with E-state index in [1.54, 1.807) is 6.92 Å². The van der Waals surface area contributed by atoms with Gasteiger partial charge in [0.1, 0.15) is 4.90 Å². The number of hydrogen-bond acceptors (Lipinski definition) is 5. The van der Waals surface area contributed by atoms with Gasteiger partial charge in [0.25, 0.3) is 0 Å². The highest BCUT2D eigenvalue weighted by Gasteiger charge is 2.50. The molecule has 0 saturated carbocycles. The van der Waals surface area contributed by atoms with Gasteiger partial charge in [-0.25, -0.2) is 22.9 Å². The molecule has 3 heterocycles. The molecule has 0 atom stereocenters. The van der Waals surface area contributed by atoms with Gasteiger partial charge in [0.15, 0.2) is 5.60 Å². The SMILES string of the molecule is Cc1cnc2c(c1)S(=O)(=O)NCC1(CN(C(=O)O)C1)O2. The number of hydrogen-bond donors (Lipinski definition) is 2. The zero-order valence-corrected chi connectivity index (χ0v) is 11.5. The summed E-state index contributed by atoms with van der Waals surface area (Å²) >= 11 is 0. The molecule has 0 radical (unpaired) electrons. The van der Waals surface area contributed by atoms with Crippen LogP contribution in [0, 0.1) is 6.92 Å². The first-order valence-corrected chi connectivity index (χ1v) is 7.43. The number of aryl methyl sites for hydroxylation is 1. The van der Waals surface area contributed by atoms with E-state index in [0.29, 0.717) is 5.56 Å². The Morgan fingerprint density at radius 1 is 1.55 bits per heavy atom. The van der Waals surface area contributed by atoms with E-state index >= 15 is 0 Å². The van der Waals surface area contributed by atoms with E-state index in [1.165, 1.54) is 12.3 Å². The van der Waals surface area contributed by atoms with Gasteiger partial charge in [-0.3, -0.25) is 0 Å². The molecule has 2 N–H and O–H groups in total. The van der Waals surface area contributed by atoms with Crippen LogP contribution in [0.15, 0.2) is 17.2 Å². The monoisotopic (exact) mass is 299 g/mol. The van der Waals surface area contributed by atoms with Crippen LogP contribution in [-0.2, 0) is 10.0 Å². The predicted octanol–water partition coefficient (Wildman–Crippen LogP) is -0.207. The summed E-state index contributed by atoms with van der Waals surface area (Å²) in [4.78, 5) is 16.0. The van der Waals surface area contributed by atoms with Crippen LogP contribution in [-0.4, -0.2) is 54.7 Å². The van der Waals surface area contributed by atoms with Gasteiger partial charge in [0.05, 0.1) is 19.6 Å². The van der Waals surface area contributed by atoms with Crippen LogP contribution in [0.1, 0.15) is 5.56 Å². The molecule has 1 amide bonds.